The summed E-state index contributed by atoms with van der Waals surface area (Å²) in [6, 6.07) is 15.1. The van der Waals surface area contributed by atoms with Crippen LogP contribution in [0.2, 0.25) is 0 Å². The van der Waals surface area contributed by atoms with E-state index in [0.29, 0.717) is 5.56 Å². The first-order valence-corrected chi connectivity index (χ1v) is 5.92. The van der Waals surface area contributed by atoms with E-state index in [-0.39, 0.29) is 0 Å². The maximum atomic E-state index is 8.78. The van der Waals surface area contributed by atoms with Gasteiger partial charge in [0.1, 0.15) is 11.5 Å². The summed E-state index contributed by atoms with van der Waals surface area (Å²) in [4.78, 5) is 0. The highest BCUT2D eigenvalue weighted by Gasteiger charge is 2.02. The van der Waals surface area contributed by atoms with E-state index in [1.165, 1.54) is 0 Å². The summed E-state index contributed by atoms with van der Waals surface area (Å²) in [6.45, 7) is 1.93. The van der Waals surface area contributed by atoms with E-state index >= 15 is 0 Å². The summed E-state index contributed by atoms with van der Waals surface area (Å²) in [5.74, 6) is 1.55. The maximum Gasteiger partial charge on any atom is 0.130 e. The van der Waals surface area contributed by atoms with Crippen molar-refractivity contribution in [2.45, 2.75) is 6.92 Å². The Morgan fingerprint density at radius 2 is 1.82 bits per heavy atom. The maximum absolute atomic E-state index is 8.78. The molecule has 0 aliphatic carbocycles. The number of nitriles is 1. The minimum absolute atomic E-state index is 0.644. The third-order valence-corrected chi connectivity index (χ3v) is 2.87. The number of aryl methyl sites for hydroxylation is 1. The highest BCUT2D eigenvalue weighted by Crippen LogP contribution is 2.26. The molecule has 0 saturated heterocycles. The standard InChI is InChI=1S/C14H10BrNO/c1-10-8-11(9-16)2-7-14(10)17-13-5-3-12(15)4-6-13/h2-8H,1H3. The zero-order chi connectivity index (χ0) is 12.3. The Balaban J connectivity index is 2.25. The van der Waals surface area contributed by atoms with Gasteiger partial charge < -0.3 is 4.74 Å². The van der Waals surface area contributed by atoms with Crippen LogP contribution >= 0.6 is 15.9 Å². The lowest BCUT2D eigenvalue weighted by molar-refractivity contribution is 0.479. The monoisotopic (exact) mass is 287 g/mol. The van der Waals surface area contributed by atoms with Gasteiger partial charge in [-0.25, -0.2) is 0 Å². The van der Waals surface area contributed by atoms with Crippen molar-refractivity contribution in [1.29, 1.82) is 5.26 Å². The molecule has 0 aliphatic rings. The van der Waals surface area contributed by atoms with Gasteiger partial charge >= 0.3 is 0 Å². The molecule has 0 aliphatic heterocycles. The number of ether oxygens (including phenoxy) is 1. The minimum Gasteiger partial charge on any atom is -0.457 e. The molecule has 84 valence electrons. The van der Waals surface area contributed by atoms with Gasteiger partial charge in [-0.15, -0.1) is 0 Å². The fraction of sp³-hybridized carbons (Fsp3) is 0.0714. The zero-order valence-corrected chi connectivity index (χ0v) is 10.9. The molecule has 0 N–H and O–H groups in total. The number of hydrogen-bond acceptors (Lipinski definition) is 2. The Morgan fingerprint density at radius 1 is 1.12 bits per heavy atom. The largest absolute Gasteiger partial charge is 0.457 e. The Hall–Kier alpha value is -1.79. The van der Waals surface area contributed by atoms with Crippen LogP contribution in [-0.4, -0.2) is 0 Å². The molecular formula is C14H10BrNO. The van der Waals surface area contributed by atoms with Crippen molar-refractivity contribution in [3.05, 3.63) is 58.1 Å². The zero-order valence-electron chi connectivity index (χ0n) is 9.27. The van der Waals surface area contributed by atoms with Crippen molar-refractivity contribution < 1.29 is 4.74 Å². The molecule has 2 aromatic rings. The molecule has 0 amide bonds. The minimum atomic E-state index is 0.644. The molecule has 0 aromatic heterocycles. The first kappa shape index (κ1) is 11.7. The van der Waals surface area contributed by atoms with E-state index in [1.807, 2.05) is 43.3 Å². The van der Waals surface area contributed by atoms with E-state index in [1.54, 1.807) is 6.07 Å². The van der Waals surface area contributed by atoms with Gasteiger partial charge in [0.2, 0.25) is 0 Å². The van der Waals surface area contributed by atoms with Gasteiger partial charge in [0, 0.05) is 4.47 Å². The Kier molecular flexibility index (Phi) is 3.46. The van der Waals surface area contributed by atoms with E-state index < -0.39 is 0 Å². The van der Waals surface area contributed by atoms with Crippen molar-refractivity contribution in [3.63, 3.8) is 0 Å². The smallest absolute Gasteiger partial charge is 0.130 e. The molecule has 17 heavy (non-hydrogen) atoms. The molecule has 2 aromatic carbocycles. The topological polar surface area (TPSA) is 33.0 Å². The number of rotatable bonds is 2. The second-order valence-electron chi connectivity index (χ2n) is 3.65. The molecule has 0 spiro atoms. The summed E-state index contributed by atoms with van der Waals surface area (Å²) in [6.07, 6.45) is 0. The Labute approximate surface area is 109 Å². The molecule has 0 atom stereocenters. The van der Waals surface area contributed by atoms with Crippen molar-refractivity contribution in [1.82, 2.24) is 0 Å². The lowest BCUT2D eigenvalue weighted by Crippen LogP contribution is -1.88. The Morgan fingerprint density at radius 3 is 2.41 bits per heavy atom. The van der Waals surface area contributed by atoms with Gasteiger partial charge in [0.25, 0.3) is 0 Å². The third-order valence-electron chi connectivity index (χ3n) is 2.35. The molecule has 3 heteroatoms. The van der Waals surface area contributed by atoms with Crippen LogP contribution in [0.1, 0.15) is 11.1 Å². The second kappa shape index (κ2) is 5.03. The molecule has 0 fully saturated rings. The highest BCUT2D eigenvalue weighted by atomic mass is 79.9. The first-order chi connectivity index (χ1) is 8.19. The van der Waals surface area contributed by atoms with Gasteiger partial charge in [-0.1, -0.05) is 15.9 Å². The van der Waals surface area contributed by atoms with E-state index in [4.69, 9.17) is 10.00 Å². The van der Waals surface area contributed by atoms with Crippen LogP contribution < -0.4 is 4.74 Å². The third kappa shape index (κ3) is 2.86. The van der Waals surface area contributed by atoms with Crippen LogP contribution in [-0.2, 0) is 0 Å². The average molecular weight is 288 g/mol. The quantitative estimate of drug-likeness (QED) is 0.819. The molecule has 0 unspecified atom stereocenters. The van der Waals surface area contributed by atoms with Crippen LogP contribution in [0.5, 0.6) is 11.5 Å². The summed E-state index contributed by atoms with van der Waals surface area (Å²) < 4.78 is 6.75. The van der Waals surface area contributed by atoms with Crippen molar-refractivity contribution in [3.8, 4) is 17.6 Å². The second-order valence-corrected chi connectivity index (χ2v) is 4.56. The summed E-state index contributed by atoms with van der Waals surface area (Å²) >= 11 is 3.37. The van der Waals surface area contributed by atoms with Crippen LogP contribution in [0.25, 0.3) is 0 Å². The molecule has 0 saturated carbocycles. The lowest BCUT2D eigenvalue weighted by atomic mass is 10.1. The van der Waals surface area contributed by atoms with Crippen molar-refractivity contribution in [2.24, 2.45) is 0 Å². The normalized spacial score (nSPS) is 9.71. The van der Waals surface area contributed by atoms with E-state index in [9.17, 15) is 0 Å². The lowest BCUT2D eigenvalue weighted by Gasteiger charge is -2.08. The van der Waals surface area contributed by atoms with Gasteiger partial charge in [0.15, 0.2) is 0 Å². The number of nitrogens with zero attached hydrogens (tertiary/aromatic N) is 1. The highest BCUT2D eigenvalue weighted by molar-refractivity contribution is 9.10. The predicted octanol–water partition coefficient (Wildman–Crippen LogP) is 4.42. The molecule has 2 rings (SSSR count). The molecule has 2 nitrogen and oxygen atoms in total. The summed E-state index contributed by atoms with van der Waals surface area (Å²) in [5, 5.41) is 8.78. The van der Waals surface area contributed by atoms with Crippen LogP contribution in [0.15, 0.2) is 46.9 Å². The van der Waals surface area contributed by atoms with Crippen molar-refractivity contribution >= 4 is 15.9 Å². The Bertz CT molecular complexity index is 570. The van der Waals surface area contributed by atoms with E-state index in [2.05, 4.69) is 22.0 Å². The molecule has 0 radical (unpaired) electrons. The summed E-state index contributed by atoms with van der Waals surface area (Å²) in [7, 11) is 0. The van der Waals surface area contributed by atoms with Crippen LogP contribution in [0.4, 0.5) is 0 Å². The van der Waals surface area contributed by atoms with Crippen LogP contribution in [0, 0.1) is 18.3 Å². The average Bonchev–Trinajstić information content (AvgIpc) is 2.34. The van der Waals surface area contributed by atoms with Crippen LogP contribution in [0.3, 0.4) is 0 Å². The van der Waals surface area contributed by atoms with Gasteiger partial charge in [-0.05, 0) is 55.0 Å². The van der Waals surface area contributed by atoms with Gasteiger partial charge in [-0.3, -0.25) is 0 Å². The number of hydrogen-bond donors (Lipinski definition) is 0. The summed E-state index contributed by atoms with van der Waals surface area (Å²) in [5.41, 5.74) is 1.60. The molecular weight excluding hydrogens is 278 g/mol. The fourth-order valence-electron chi connectivity index (χ4n) is 1.46. The van der Waals surface area contributed by atoms with E-state index in [0.717, 1.165) is 21.5 Å². The number of benzene rings is 2. The van der Waals surface area contributed by atoms with Crippen molar-refractivity contribution in [2.75, 3.05) is 0 Å². The molecule has 0 heterocycles. The van der Waals surface area contributed by atoms with Gasteiger partial charge in [-0.2, -0.15) is 5.26 Å². The SMILES string of the molecule is Cc1cc(C#N)ccc1Oc1ccc(Br)cc1. The molecule has 0 bridgehead atoms. The fourth-order valence-corrected chi connectivity index (χ4v) is 1.73. The first-order valence-electron chi connectivity index (χ1n) is 5.13. The number of halogens is 1. The predicted molar refractivity (Wildman–Crippen MR) is 70.1 cm³/mol. The van der Waals surface area contributed by atoms with Gasteiger partial charge in [0.05, 0.1) is 11.6 Å².